The Balaban J connectivity index is 2.01. The lowest BCUT2D eigenvalue weighted by Gasteiger charge is -2.17. The number of ether oxygens (including phenoxy) is 1. The first-order chi connectivity index (χ1) is 8.60. The second-order valence-electron chi connectivity index (χ2n) is 5.25. The van der Waals surface area contributed by atoms with E-state index in [0.717, 1.165) is 17.2 Å². The molecule has 0 amide bonds. The second kappa shape index (κ2) is 5.42. The average molecular weight is 247 g/mol. The number of rotatable bonds is 5. The van der Waals surface area contributed by atoms with Crippen molar-refractivity contribution in [1.29, 1.82) is 0 Å². The highest BCUT2D eigenvalue weighted by Crippen LogP contribution is 2.34. The zero-order valence-electron chi connectivity index (χ0n) is 11.3. The largest absolute Gasteiger partial charge is 0.465 e. The van der Waals surface area contributed by atoms with E-state index in [2.05, 4.69) is 12.2 Å². The van der Waals surface area contributed by atoms with Crippen LogP contribution >= 0.6 is 0 Å². The van der Waals surface area contributed by atoms with Crippen molar-refractivity contribution in [1.82, 2.24) is 0 Å². The molecule has 98 valence electrons. The van der Waals surface area contributed by atoms with E-state index >= 15 is 0 Å². The van der Waals surface area contributed by atoms with Gasteiger partial charge in [0.15, 0.2) is 0 Å². The summed E-state index contributed by atoms with van der Waals surface area (Å²) in [7, 11) is 1.40. The van der Waals surface area contributed by atoms with Gasteiger partial charge in [-0.05, 0) is 49.9 Å². The predicted octanol–water partition coefficient (Wildman–Crippen LogP) is 3.38. The van der Waals surface area contributed by atoms with Crippen LogP contribution in [0.25, 0.3) is 0 Å². The van der Waals surface area contributed by atoms with Crippen LogP contribution in [0.3, 0.4) is 0 Å². The van der Waals surface area contributed by atoms with Gasteiger partial charge >= 0.3 is 5.97 Å². The number of nitrogens with one attached hydrogen (secondary N) is 1. The summed E-state index contributed by atoms with van der Waals surface area (Å²) in [5.41, 5.74) is 2.80. The molecule has 0 heterocycles. The molecule has 18 heavy (non-hydrogen) atoms. The Bertz CT molecular complexity index is 438. The zero-order valence-corrected chi connectivity index (χ0v) is 11.3. The highest BCUT2D eigenvalue weighted by molar-refractivity contribution is 5.90. The first-order valence-electron chi connectivity index (χ1n) is 6.55. The van der Waals surface area contributed by atoms with Crippen molar-refractivity contribution in [3.05, 3.63) is 29.3 Å². The van der Waals surface area contributed by atoms with Crippen molar-refractivity contribution in [2.24, 2.45) is 5.92 Å². The summed E-state index contributed by atoms with van der Waals surface area (Å²) in [6, 6.07) is 6.13. The Hall–Kier alpha value is -1.51. The van der Waals surface area contributed by atoms with E-state index < -0.39 is 0 Å². The molecule has 0 bridgehead atoms. The van der Waals surface area contributed by atoms with Gasteiger partial charge in [0, 0.05) is 11.7 Å². The van der Waals surface area contributed by atoms with Crippen LogP contribution in [0.1, 0.15) is 42.1 Å². The molecule has 0 spiro atoms. The minimum Gasteiger partial charge on any atom is -0.465 e. The molecule has 1 N–H and O–H groups in total. The molecular weight excluding hydrogens is 226 g/mol. The number of aryl methyl sites for hydroxylation is 1. The number of hydrogen-bond acceptors (Lipinski definition) is 3. The van der Waals surface area contributed by atoms with Crippen LogP contribution in [0, 0.1) is 12.8 Å². The van der Waals surface area contributed by atoms with E-state index in [9.17, 15) is 4.79 Å². The standard InChI is InChI=1S/C15H21NO2/c1-10-8-13(15(17)18-3)6-7-14(10)16-11(2)9-12-4-5-12/h6-8,11-12,16H,4-5,9H2,1-3H3. The molecule has 1 aliphatic carbocycles. The minimum absolute atomic E-state index is 0.282. The van der Waals surface area contributed by atoms with Crippen LogP contribution in [0.15, 0.2) is 18.2 Å². The summed E-state index contributed by atoms with van der Waals surface area (Å²) >= 11 is 0. The number of esters is 1. The molecule has 1 saturated carbocycles. The first-order valence-corrected chi connectivity index (χ1v) is 6.55. The first kappa shape index (κ1) is 12.9. The fourth-order valence-corrected chi connectivity index (χ4v) is 2.25. The summed E-state index contributed by atoms with van der Waals surface area (Å²) in [6.07, 6.45) is 4.00. The highest BCUT2D eigenvalue weighted by atomic mass is 16.5. The fourth-order valence-electron chi connectivity index (χ4n) is 2.25. The Labute approximate surface area is 109 Å². The van der Waals surface area contributed by atoms with E-state index in [-0.39, 0.29) is 5.97 Å². The van der Waals surface area contributed by atoms with Crippen molar-refractivity contribution in [2.45, 2.75) is 39.2 Å². The molecule has 0 saturated heterocycles. The normalized spacial score (nSPS) is 16.2. The monoisotopic (exact) mass is 247 g/mol. The second-order valence-corrected chi connectivity index (χ2v) is 5.25. The van der Waals surface area contributed by atoms with Gasteiger partial charge in [-0.2, -0.15) is 0 Å². The zero-order chi connectivity index (χ0) is 13.1. The number of carbonyl (C=O) groups is 1. The molecule has 1 fully saturated rings. The van der Waals surface area contributed by atoms with Gasteiger partial charge in [0.1, 0.15) is 0 Å². The molecule has 1 atom stereocenters. The van der Waals surface area contributed by atoms with Crippen molar-refractivity contribution in [3.63, 3.8) is 0 Å². The summed E-state index contributed by atoms with van der Waals surface area (Å²) < 4.78 is 4.71. The van der Waals surface area contributed by atoms with E-state index in [0.29, 0.717) is 11.6 Å². The molecule has 1 aromatic carbocycles. The fraction of sp³-hybridized carbons (Fsp3) is 0.533. The maximum Gasteiger partial charge on any atom is 0.337 e. The smallest absolute Gasteiger partial charge is 0.337 e. The van der Waals surface area contributed by atoms with Crippen LogP contribution in [-0.4, -0.2) is 19.1 Å². The maximum atomic E-state index is 11.4. The third kappa shape index (κ3) is 3.25. The van der Waals surface area contributed by atoms with Crippen molar-refractivity contribution in [2.75, 3.05) is 12.4 Å². The lowest BCUT2D eigenvalue weighted by atomic mass is 10.1. The lowest BCUT2D eigenvalue weighted by Crippen LogP contribution is -2.16. The van der Waals surface area contributed by atoms with Crippen LogP contribution in [0.4, 0.5) is 5.69 Å². The van der Waals surface area contributed by atoms with Crippen LogP contribution in [0.5, 0.6) is 0 Å². The van der Waals surface area contributed by atoms with Gasteiger partial charge < -0.3 is 10.1 Å². The highest BCUT2D eigenvalue weighted by Gasteiger charge is 2.23. The van der Waals surface area contributed by atoms with Gasteiger partial charge in [0.2, 0.25) is 0 Å². The Morgan fingerprint density at radius 3 is 2.78 bits per heavy atom. The molecule has 0 aliphatic heterocycles. The Kier molecular flexibility index (Phi) is 3.90. The Morgan fingerprint density at radius 2 is 2.22 bits per heavy atom. The molecule has 1 aromatic rings. The number of hydrogen-bond donors (Lipinski definition) is 1. The van der Waals surface area contributed by atoms with E-state index in [4.69, 9.17) is 4.74 Å². The third-order valence-corrected chi connectivity index (χ3v) is 3.43. The number of carbonyl (C=O) groups excluding carboxylic acids is 1. The molecule has 3 nitrogen and oxygen atoms in total. The molecule has 0 aromatic heterocycles. The molecule has 1 aliphatic rings. The van der Waals surface area contributed by atoms with E-state index in [1.807, 2.05) is 25.1 Å². The van der Waals surface area contributed by atoms with Crippen molar-refractivity contribution < 1.29 is 9.53 Å². The number of benzene rings is 1. The summed E-state index contributed by atoms with van der Waals surface area (Å²) in [5, 5.41) is 3.51. The summed E-state index contributed by atoms with van der Waals surface area (Å²) in [4.78, 5) is 11.4. The predicted molar refractivity (Wildman–Crippen MR) is 72.9 cm³/mol. The minimum atomic E-state index is -0.282. The van der Waals surface area contributed by atoms with Gasteiger partial charge in [-0.15, -0.1) is 0 Å². The van der Waals surface area contributed by atoms with E-state index in [1.165, 1.54) is 26.4 Å². The third-order valence-electron chi connectivity index (χ3n) is 3.43. The number of methoxy groups -OCH3 is 1. The maximum absolute atomic E-state index is 11.4. The average Bonchev–Trinajstić information content (AvgIpc) is 3.14. The quantitative estimate of drug-likeness (QED) is 0.811. The lowest BCUT2D eigenvalue weighted by molar-refractivity contribution is 0.0600. The van der Waals surface area contributed by atoms with Crippen molar-refractivity contribution in [3.8, 4) is 0 Å². The molecule has 3 heteroatoms. The van der Waals surface area contributed by atoms with E-state index in [1.54, 1.807) is 0 Å². The van der Waals surface area contributed by atoms with Crippen LogP contribution < -0.4 is 5.32 Å². The van der Waals surface area contributed by atoms with Gasteiger partial charge in [0.25, 0.3) is 0 Å². The Morgan fingerprint density at radius 1 is 1.50 bits per heavy atom. The number of anilines is 1. The van der Waals surface area contributed by atoms with Gasteiger partial charge in [-0.25, -0.2) is 4.79 Å². The van der Waals surface area contributed by atoms with Crippen LogP contribution in [0.2, 0.25) is 0 Å². The van der Waals surface area contributed by atoms with Gasteiger partial charge in [-0.1, -0.05) is 12.8 Å². The van der Waals surface area contributed by atoms with Gasteiger partial charge in [-0.3, -0.25) is 0 Å². The topological polar surface area (TPSA) is 38.3 Å². The van der Waals surface area contributed by atoms with Gasteiger partial charge in [0.05, 0.1) is 12.7 Å². The molecule has 1 unspecified atom stereocenters. The van der Waals surface area contributed by atoms with Crippen LogP contribution in [-0.2, 0) is 4.74 Å². The molecule has 2 rings (SSSR count). The summed E-state index contributed by atoms with van der Waals surface area (Å²) in [6.45, 7) is 4.23. The SMILES string of the molecule is COC(=O)c1ccc(NC(C)CC2CC2)c(C)c1. The molecular formula is C15H21NO2. The molecule has 0 radical (unpaired) electrons. The van der Waals surface area contributed by atoms with Crippen molar-refractivity contribution >= 4 is 11.7 Å². The summed E-state index contributed by atoms with van der Waals surface area (Å²) in [5.74, 6) is 0.637.